The van der Waals surface area contributed by atoms with Crippen molar-refractivity contribution in [2.24, 2.45) is 11.1 Å². The molecule has 0 radical (unpaired) electrons. The Hall–Kier alpha value is -0.810. The van der Waals surface area contributed by atoms with E-state index in [0.29, 0.717) is 25.9 Å². The average molecular weight is 294 g/mol. The fraction of sp³-hybridized carbons (Fsp3) is 0.846. The molecule has 0 aromatic rings. The zero-order valence-electron chi connectivity index (χ0n) is 12.4. The molecule has 0 bridgehead atoms. The minimum Gasteiger partial charge on any atom is -0.356 e. The second kappa shape index (κ2) is 10.0. The number of nitrogens with one attached hydrogen (secondary N) is 2. The van der Waals surface area contributed by atoms with Gasteiger partial charge in [0.05, 0.1) is 0 Å². The minimum atomic E-state index is -0.375. The third-order valence-electron chi connectivity index (χ3n) is 2.47. The van der Waals surface area contributed by atoms with Crippen LogP contribution in [0.3, 0.4) is 0 Å². The van der Waals surface area contributed by atoms with E-state index >= 15 is 0 Å². The van der Waals surface area contributed by atoms with Crippen molar-refractivity contribution in [2.75, 3.05) is 13.1 Å². The molecular weight excluding hydrogens is 266 g/mol. The molecule has 5 nitrogen and oxygen atoms in total. The first kappa shape index (κ1) is 20.5. The van der Waals surface area contributed by atoms with Crippen molar-refractivity contribution < 1.29 is 9.59 Å². The molecule has 114 valence electrons. The van der Waals surface area contributed by atoms with E-state index in [4.69, 9.17) is 5.73 Å². The summed E-state index contributed by atoms with van der Waals surface area (Å²) in [5.74, 6) is 0.0283. The maximum Gasteiger partial charge on any atom is 0.225 e. The van der Waals surface area contributed by atoms with Crippen LogP contribution in [0.15, 0.2) is 0 Å². The standard InChI is InChI=1S/C13H27N3O2.ClH/c1-10(14)7-9-15-11(17)6-5-8-16-12(18)13(2,3)4;/h10H,5-9,14H2,1-4H3,(H,15,17)(H,16,18);1H. The fourth-order valence-electron chi connectivity index (χ4n) is 1.24. The van der Waals surface area contributed by atoms with Crippen LogP contribution in [0.2, 0.25) is 0 Å². The number of rotatable bonds is 7. The molecule has 1 atom stereocenters. The van der Waals surface area contributed by atoms with E-state index in [1.54, 1.807) is 0 Å². The first-order valence-electron chi connectivity index (χ1n) is 6.54. The Morgan fingerprint density at radius 3 is 2.21 bits per heavy atom. The Kier molecular flexibility index (Phi) is 10.8. The lowest BCUT2D eigenvalue weighted by molar-refractivity contribution is -0.128. The Balaban J connectivity index is 0. The summed E-state index contributed by atoms with van der Waals surface area (Å²) in [5, 5.41) is 5.61. The van der Waals surface area contributed by atoms with Crippen LogP contribution in [-0.2, 0) is 9.59 Å². The fourth-order valence-corrected chi connectivity index (χ4v) is 1.24. The summed E-state index contributed by atoms with van der Waals surface area (Å²) in [4.78, 5) is 22.9. The number of carbonyl (C=O) groups is 2. The molecular formula is C13H28ClN3O2. The van der Waals surface area contributed by atoms with Crippen molar-refractivity contribution in [3.63, 3.8) is 0 Å². The Labute approximate surface area is 122 Å². The summed E-state index contributed by atoms with van der Waals surface area (Å²) in [6.07, 6.45) is 1.88. The minimum absolute atomic E-state index is 0. The van der Waals surface area contributed by atoms with Crippen LogP contribution in [-0.4, -0.2) is 30.9 Å². The van der Waals surface area contributed by atoms with Crippen LogP contribution < -0.4 is 16.4 Å². The van der Waals surface area contributed by atoms with Crippen LogP contribution in [0.25, 0.3) is 0 Å². The molecule has 0 rings (SSSR count). The lowest BCUT2D eigenvalue weighted by atomic mass is 9.96. The van der Waals surface area contributed by atoms with Crippen molar-refractivity contribution in [1.29, 1.82) is 0 Å². The second-order valence-corrected chi connectivity index (χ2v) is 5.73. The number of hydrogen-bond acceptors (Lipinski definition) is 3. The molecule has 6 heteroatoms. The summed E-state index contributed by atoms with van der Waals surface area (Å²) < 4.78 is 0. The second-order valence-electron chi connectivity index (χ2n) is 5.73. The molecule has 0 aromatic carbocycles. The molecule has 0 aliphatic carbocycles. The van der Waals surface area contributed by atoms with Gasteiger partial charge in [-0.25, -0.2) is 0 Å². The molecule has 19 heavy (non-hydrogen) atoms. The van der Waals surface area contributed by atoms with E-state index in [1.165, 1.54) is 0 Å². The van der Waals surface area contributed by atoms with E-state index in [9.17, 15) is 9.59 Å². The maximum absolute atomic E-state index is 11.5. The first-order chi connectivity index (χ1) is 8.23. The van der Waals surface area contributed by atoms with Crippen LogP contribution in [0, 0.1) is 5.41 Å². The predicted octanol–water partition coefficient (Wildman–Crippen LogP) is 1.20. The zero-order valence-corrected chi connectivity index (χ0v) is 13.2. The zero-order chi connectivity index (χ0) is 14.2. The van der Waals surface area contributed by atoms with E-state index in [-0.39, 0.29) is 35.7 Å². The lowest BCUT2D eigenvalue weighted by Gasteiger charge is -2.17. The van der Waals surface area contributed by atoms with Gasteiger partial charge in [0, 0.05) is 31.0 Å². The van der Waals surface area contributed by atoms with Crippen LogP contribution >= 0.6 is 12.4 Å². The first-order valence-corrected chi connectivity index (χ1v) is 6.54. The number of amides is 2. The average Bonchev–Trinajstić information content (AvgIpc) is 2.22. The van der Waals surface area contributed by atoms with Gasteiger partial charge in [-0.1, -0.05) is 20.8 Å². The van der Waals surface area contributed by atoms with Gasteiger partial charge in [0.1, 0.15) is 0 Å². The summed E-state index contributed by atoms with van der Waals surface area (Å²) >= 11 is 0. The van der Waals surface area contributed by atoms with Crippen molar-refractivity contribution in [2.45, 2.75) is 53.0 Å². The number of carbonyl (C=O) groups excluding carboxylic acids is 2. The number of halogens is 1. The topological polar surface area (TPSA) is 84.2 Å². The number of hydrogen-bond donors (Lipinski definition) is 3. The highest BCUT2D eigenvalue weighted by molar-refractivity contribution is 5.85. The lowest BCUT2D eigenvalue weighted by Crippen LogP contribution is -2.36. The molecule has 0 saturated carbocycles. The molecule has 0 spiro atoms. The molecule has 1 unspecified atom stereocenters. The number of nitrogens with two attached hydrogens (primary N) is 1. The molecule has 0 fully saturated rings. The summed E-state index contributed by atoms with van der Waals surface area (Å²) in [5.41, 5.74) is 5.20. The highest BCUT2D eigenvalue weighted by Gasteiger charge is 2.20. The van der Waals surface area contributed by atoms with E-state index in [2.05, 4.69) is 10.6 Å². The molecule has 0 aromatic heterocycles. The molecule has 0 aliphatic heterocycles. The van der Waals surface area contributed by atoms with Crippen LogP contribution in [0.1, 0.15) is 47.0 Å². The highest BCUT2D eigenvalue weighted by Crippen LogP contribution is 2.12. The van der Waals surface area contributed by atoms with Gasteiger partial charge in [-0.15, -0.1) is 12.4 Å². The van der Waals surface area contributed by atoms with E-state index in [0.717, 1.165) is 6.42 Å². The maximum atomic E-state index is 11.5. The van der Waals surface area contributed by atoms with Gasteiger partial charge in [-0.3, -0.25) is 9.59 Å². The van der Waals surface area contributed by atoms with E-state index in [1.807, 2.05) is 27.7 Å². The van der Waals surface area contributed by atoms with E-state index < -0.39 is 0 Å². The summed E-state index contributed by atoms with van der Waals surface area (Å²) in [6.45, 7) is 8.66. The Bertz CT molecular complexity index is 276. The van der Waals surface area contributed by atoms with Gasteiger partial charge in [0.25, 0.3) is 0 Å². The van der Waals surface area contributed by atoms with Gasteiger partial charge in [-0.2, -0.15) is 0 Å². The Morgan fingerprint density at radius 1 is 1.16 bits per heavy atom. The predicted molar refractivity (Wildman–Crippen MR) is 80.2 cm³/mol. The third-order valence-corrected chi connectivity index (χ3v) is 2.47. The van der Waals surface area contributed by atoms with Gasteiger partial charge >= 0.3 is 0 Å². The monoisotopic (exact) mass is 293 g/mol. The smallest absolute Gasteiger partial charge is 0.225 e. The van der Waals surface area contributed by atoms with Gasteiger partial charge in [0.15, 0.2) is 0 Å². The Morgan fingerprint density at radius 2 is 1.74 bits per heavy atom. The SMILES string of the molecule is CC(N)CCNC(=O)CCCNC(=O)C(C)(C)C.Cl. The molecule has 0 saturated heterocycles. The van der Waals surface area contributed by atoms with Crippen molar-refractivity contribution in [1.82, 2.24) is 10.6 Å². The van der Waals surface area contributed by atoms with Crippen molar-refractivity contribution >= 4 is 24.2 Å². The highest BCUT2D eigenvalue weighted by atomic mass is 35.5. The molecule has 4 N–H and O–H groups in total. The van der Waals surface area contributed by atoms with Crippen LogP contribution in [0.4, 0.5) is 0 Å². The molecule has 0 aliphatic rings. The summed E-state index contributed by atoms with van der Waals surface area (Å²) in [6, 6.07) is 0.108. The summed E-state index contributed by atoms with van der Waals surface area (Å²) in [7, 11) is 0. The normalized spacial score (nSPS) is 12.3. The molecule has 2 amide bonds. The molecule has 0 heterocycles. The van der Waals surface area contributed by atoms with Gasteiger partial charge < -0.3 is 16.4 Å². The van der Waals surface area contributed by atoms with Crippen molar-refractivity contribution in [3.8, 4) is 0 Å². The van der Waals surface area contributed by atoms with Crippen LogP contribution in [0.5, 0.6) is 0 Å². The van der Waals surface area contributed by atoms with Crippen molar-refractivity contribution in [3.05, 3.63) is 0 Å². The quantitative estimate of drug-likeness (QED) is 0.617. The van der Waals surface area contributed by atoms with Gasteiger partial charge in [-0.05, 0) is 19.8 Å². The van der Waals surface area contributed by atoms with Gasteiger partial charge in [0.2, 0.25) is 11.8 Å². The third kappa shape index (κ3) is 12.0. The largest absolute Gasteiger partial charge is 0.356 e.